The van der Waals surface area contributed by atoms with E-state index in [-0.39, 0.29) is 37.5 Å². The Kier molecular flexibility index (Phi) is 60.4. The third-order valence-electron chi connectivity index (χ3n) is 13.2. The van der Waals surface area contributed by atoms with Crippen molar-refractivity contribution in [3.63, 3.8) is 0 Å². The summed E-state index contributed by atoms with van der Waals surface area (Å²) >= 11 is 0. The van der Waals surface area contributed by atoms with Crippen molar-refractivity contribution in [2.24, 2.45) is 0 Å². The Labute approximate surface area is 475 Å². The van der Waals surface area contributed by atoms with E-state index in [0.29, 0.717) is 19.3 Å². The summed E-state index contributed by atoms with van der Waals surface area (Å²) < 4.78 is 16.9. The van der Waals surface area contributed by atoms with Gasteiger partial charge in [-0.1, -0.05) is 276 Å². The molecule has 0 heterocycles. The van der Waals surface area contributed by atoms with Crippen LogP contribution in [0.2, 0.25) is 0 Å². The largest absolute Gasteiger partial charge is 0.462 e. The van der Waals surface area contributed by atoms with Crippen molar-refractivity contribution in [1.29, 1.82) is 0 Å². The highest BCUT2D eigenvalue weighted by molar-refractivity contribution is 5.71. The summed E-state index contributed by atoms with van der Waals surface area (Å²) in [6.07, 6.45) is 90.2. The fourth-order valence-electron chi connectivity index (χ4n) is 8.47. The highest BCUT2D eigenvalue weighted by Crippen LogP contribution is 2.15. The maximum Gasteiger partial charge on any atom is 0.306 e. The lowest BCUT2D eigenvalue weighted by molar-refractivity contribution is -0.167. The molecule has 0 bridgehead atoms. The summed E-state index contributed by atoms with van der Waals surface area (Å²) in [5.41, 5.74) is 0. The van der Waals surface area contributed by atoms with E-state index in [4.69, 9.17) is 14.2 Å². The second-order valence-corrected chi connectivity index (χ2v) is 20.6. The lowest BCUT2D eigenvalue weighted by atomic mass is 10.0. The Morgan fingerprint density at radius 3 is 0.818 bits per heavy atom. The Balaban J connectivity index is 4.43. The van der Waals surface area contributed by atoms with Crippen molar-refractivity contribution in [2.45, 2.75) is 284 Å². The average molecular weight is 1070 g/mol. The zero-order chi connectivity index (χ0) is 55.7. The molecule has 6 heteroatoms. The van der Waals surface area contributed by atoms with Gasteiger partial charge in [0.1, 0.15) is 13.2 Å². The third kappa shape index (κ3) is 62.3. The van der Waals surface area contributed by atoms with Crippen LogP contribution in [0.15, 0.2) is 134 Å². The predicted molar refractivity (Wildman–Crippen MR) is 334 cm³/mol. The Morgan fingerprint density at radius 2 is 0.506 bits per heavy atom. The van der Waals surface area contributed by atoms with Gasteiger partial charge < -0.3 is 14.2 Å². The quantitative estimate of drug-likeness (QED) is 0.0261. The van der Waals surface area contributed by atoms with E-state index in [9.17, 15) is 14.4 Å². The Morgan fingerprint density at radius 1 is 0.273 bits per heavy atom. The van der Waals surface area contributed by atoms with E-state index >= 15 is 0 Å². The number of carbonyl (C=O) groups excluding carboxylic acids is 3. The van der Waals surface area contributed by atoms with Gasteiger partial charge in [-0.3, -0.25) is 14.4 Å². The van der Waals surface area contributed by atoms with Crippen molar-refractivity contribution < 1.29 is 28.6 Å². The third-order valence-corrected chi connectivity index (χ3v) is 13.2. The molecule has 0 aromatic carbocycles. The smallest absolute Gasteiger partial charge is 0.306 e. The van der Waals surface area contributed by atoms with E-state index in [1.807, 2.05) is 0 Å². The molecule has 6 nitrogen and oxygen atoms in total. The molecule has 0 N–H and O–H groups in total. The molecule has 0 amide bonds. The lowest BCUT2D eigenvalue weighted by Gasteiger charge is -2.18. The number of ether oxygens (including phenoxy) is 3. The van der Waals surface area contributed by atoms with Crippen LogP contribution in [-0.2, 0) is 28.6 Å². The van der Waals surface area contributed by atoms with Crippen LogP contribution in [0.4, 0.5) is 0 Å². The van der Waals surface area contributed by atoms with Gasteiger partial charge in [-0.05, 0) is 116 Å². The Hall–Kier alpha value is -4.45. The van der Waals surface area contributed by atoms with Crippen molar-refractivity contribution in [2.75, 3.05) is 13.2 Å². The Bertz CT molecular complexity index is 1650. The highest BCUT2D eigenvalue weighted by Gasteiger charge is 2.19. The molecular weight excluding hydrogens is 949 g/mol. The van der Waals surface area contributed by atoms with E-state index in [2.05, 4.69) is 154 Å². The van der Waals surface area contributed by atoms with Gasteiger partial charge in [-0.25, -0.2) is 0 Å². The average Bonchev–Trinajstić information content (AvgIpc) is 3.43. The van der Waals surface area contributed by atoms with Crippen molar-refractivity contribution in [3.8, 4) is 0 Å². The van der Waals surface area contributed by atoms with Crippen LogP contribution in [0.25, 0.3) is 0 Å². The summed E-state index contributed by atoms with van der Waals surface area (Å²) in [7, 11) is 0. The molecule has 1 unspecified atom stereocenters. The first kappa shape index (κ1) is 72.5. The minimum absolute atomic E-state index is 0.0990. The van der Waals surface area contributed by atoms with Gasteiger partial charge in [0.15, 0.2) is 6.10 Å². The van der Waals surface area contributed by atoms with Crippen LogP contribution < -0.4 is 0 Å². The number of rotatable bonds is 56. The molecule has 0 spiro atoms. The number of hydrogen-bond donors (Lipinski definition) is 0. The lowest BCUT2D eigenvalue weighted by Crippen LogP contribution is -2.30. The van der Waals surface area contributed by atoms with Gasteiger partial charge in [0.25, 0.3) is 0 Å². The van der Waals surface area contributed by atoms with E-state index in [0.717, 1.165) is 128 Å². The van der Waals surface area contributed by atoms with Crippen LogP contribution in [0.1, 0.15) is 278 Å². The number of esters is 3. The molecular formula is C71H116O6. The van der Waals surface area contributed by atoms with Gasteiger partial charge in [0, 0.05) is 19.3 Å². The van der Waals surface area contributed by atoms with Crippen LogP contribution in [0.5, 0.6) is 0 Å². The minimum Gasteiger partial charge on any atom is -0.462 e. The first-order valence-corrected chi connectivity index (χ1v) is 31.7. The fourth-order valence-corrected chi connectivity index (χ4v) is 8.47. The first-order valence-electron chi connectivity index (χ1n) is 31.7. The van der Waals surface area contributed by atoms with Crippen molar-refractivity contribution in [3.05, 3.63) is 134 Å². The molecule has 0 aliphatic heterocycles. The summed E-state index contributed by atoms with van der Waals surface area (Å²) in [5, 5.41) is 0. The molecule has 0 saturated heterocycles. The molecule has 0 aliphatic rings. The molecule has 0 aliphatic carbocycles. The minimum atomic E-state index is -0.808. The molecule has 0 rings (SSSR count). The van der Waals surface area contributed by atoms with Gasteiger partial charge in [-0.15, -0.1) is 0 Å². The van der Waals surface area contributed by atoms with Crippen LogP contribution in [0, 0.1) is 0 Å². The second kappa shape index (κ2) is 64.1. The van der Waals surface area contributed by atoms with E-state index < -0.39 is 6.10 Å². The molecule has 436 valence electrons. The predicted octanol–water partition coefficient (Wildman–Crippen LogP) is 21.8. The zero-order valence-corrected chi connectivity index (χ0v) is 49.9. The number of carbonyl (C=O) groups is 3. The summed E-state index contributed by atoms with van der Waals surface area (Å²) in [6.45, 7) is 6.38. The van der Waals surface area contributed by atoms with Crippen LogP contribution >= 0.6 is 0 Å². The van der Waals surface area contributed by atoms with Crippen molar-refractivity contribution >= 4 is 17.9 Å². The van der Waals surface area contributed by atoms with Crippen molar-refractivity contribution in [1.82, 2.24) is 0 Å². The van der Waals surface area contributed by atoms with Gasteiger partial charge in [-0.2, -0.15) is 0 Å². The SMILES string of the molecule is CC/C=C\C/C=C\C/C=C\C/C=C\C/C=C\C/C=C\CCCCC(=O)OC(COC(=O)CCCCCCCCCCC/C=C\C/C=C\C/C=C\C/C=C\C/C=C\CC)COC(=O)CCCCCCCCCCCCCCC. The molecule has 0 fully saturated rings. The number of hydrogen-bond acceptors (Lipinski definition) is 6. The van der Waals surface area contributed by atoms with Gasteiger partial charge in [0.2, 0.25) is 0 Å². The fraction of sp³-hybridized carbons (Fsp3) is 0.648. The highest BCUT2D eigenvalue weighted by atomic mass is 16.6. The standard InChI is InChI=1S/C71H116O6/c1-4-7-10-13-16-19-22-25-27-29-31-33-34-35-36-38-39-41-43-46-49-52-55-58-61-64-70(73)76-67-68(66-75-69(72)63-60-57-54-51-48-45-24-21-18-15-12-9-6-3)77-71(74)65-62-59-56-53-50-47-44-42-40-37-32-30-28-26-23-20-17-14-11-8-5-2/h7-8,10-11,16-17,19-20,25-28,31-33,35-37,42,44,50,53,68H,4-6,9,12-15,18,21-24,29-30,34,38-41,43,45-49,51-52,54-67H2,1-3H3/b10-7-,11-8-,19-16-,20-17-,27-25-,28-26-,33-31-,36-35-,37-32-,44-42-,53-50-. The maximum absolute atomic E-state index is 12.9. The normalized spacial score (nSPS) is 13.0. The summed E-state index contributed by atoms with van der Waals surface area (Å²) in [4.78, 5) is 38.3. The topological polar surface area (TPSA) is 78.9 Å². The monoisotopic (exact) mass is 1060 g/mol. The van der Waals surface area contributed by atoms with Crippen LogP contribution in [0.3, 0.4) is 0 Å². The maximum atomic E-state index is 12.9. The molecule has 77 heavy (non-hydrogen) atoms. The molecule has 0 saturated carbocycles. The molecule has 0 aromatic heterocycles. The number of unbranched alkanes of at least 4 members (excludes halogenated alkanes) is 23. The molecule has 0 aromatic rings. The first-order chi connectivity index (χ1) is 38.0. The molecule has 1 atom stereocenters. The summed E-state index contributed by atoms with van der Waals surface area (Å²) in [5.74, 6) is -0.946. The van der Waals surface area contributed by atoms with Gasteiger partial charge >= 0.3 is 17.9 Å². The summed E-state index contributed by atoms with van der Waals surface area (Å²) in [6, 6.07) is 0. The van der Waals surface area contributed by atoms with E-state index in [1.165, 1.54) is 103 Å². The number of allylic oxidation sites excluding steroid dienone is 22. The second-order valence-electron chi connectivity index (χ2n) is 20.6. The van der Waals surface area contributed by atoms with E-state index in [1.54, 1.807) is 0 Å². The van der Waals surface area contributed by atoms with Crippen LogP contribution in [-0.4, -0.2) is 37.2 Å². The molecule has 0 radical (unpaired) electrons. The zero-order valence-electron chi connectivity index (χ0n) is 49.9. The van der Waals surface area contributed by atoms with Gasteiger partial charge in [0.05, 0.1) is 0 Å².